The van der Waals surface area contributed by atoms with E-state index in [-0.39, 0.29) is 24.0 Å². The number of hydrogen-bond acceptors (Lipinski definition) is 7. The third-order valence-electron chi connectivity index (χ3n) is 5.55. The van der Waals surface area contributed by atoms with Crippen molar-refractivity contribution < 1.29 is 28.5 Å². The second-order valence-corrected chi connectivity index (χ2v) is 8.71. The molecule has 0 spiro atoms. The van der Waals surface area contributed by atoms with E-state index in [1.54, 1.807) is 23.1 Å². The molecule has 9 heteroatoms. The highest BCUT2D eigenvalue weighted by molar-refractivity contribution is 8.00. The van der Waals surface area contributed by atoms with Gasteiger partial charge in [0.05, 0.1) is 20.0 Å². The van der Waals surface area contributed by atoms with Crippen LogP contribution < -0.4 is 29.2 Å². The minimum atomic E-state index is -0.294. The SMILES string of the molecule is COc1cc(OC)cc(C(=O)Nc2cccc(C3SCC(=O)N3c3ccc4c(c3)OCO4)c2)c1. The third-order valence-corrected chi connectivity index (χ3v) is 6.76. The molecule has 2 heterocycles. The Morgan fingerprint density at radius 3 is 2.53 bits per heavy atom. The summed E-state index contributed by atoms with van der Waals surface area (Å²) in [6.07, 6.45) is 0. The average molecular weight is 479 g/mol. The molecule has 2 aliphatic heterocycles. The Labute approximate surface area is 200 Å². The zero-order valence-electron chi connectivity index (χ0n) is 18.6. The van der Waals surface area contributed by atoms with E-state index >= 15 is 0 Å². The van der Waals surface area contributed by atoms with E-state index in [1.807, 2.05) is 42.5 Å². The van der Waals surface area contributed by atoms with Crippen LogP contribution in [0, 0.1) is 0 Å². The van der Waals surface area contributed by atoms with Gasteiger partial charge in [-0.15, -0.1) is 11.8 Å². The second kappa shape index (κ2) is 9.18. The number of carbonyl (C=O) groups excluding carboxylic acids is 2. The van der Waals surface area contributed by atoms with Crippen LogP contribution in [0.1, 0.15) is 21.3 Å². The van der Waals surface area contributed by atoms with Gasteiger partial charge in [0.2, 0.25) is 12.7 Å². The molecule has 8 nitrogen and oxygen atoms in total. The molecule has 0 aliphatic carbocycles. The van der Waals surface area contributed by atoms with Crippen molar-refractivity contribution in [3.8, 4) is 23.0 Å². The summed E-state index contributed by atoms with van der Waals surface area (Å²) in [4.78, 5) is 27.4. The monoisotopic (exact) mass is 478 g/mol. The van der Waals surface area contributed by atoms with Crippen LogP contribution >= 0.6 is 11.8 Å². The predicted molar refractivity (Wildman–Crippen MR) is 129 cm³/mol. The smallest absolute Gasteiger partial charge is 0.255 e. The predicted octanol–water partition coefficient (Wildman–Crippen LogP) is 4.46. The summed E-state index contributed by atoms with van der Waals surface area (Å²) in [5.74, 6) is 2.41. The Balaban J connectivity index is 1.39. The van der Waals surface area contributed by atoms with Gasteiger partial charge in [0.15, 0.2) is 11.5 Å². The number of carbonyl (C=O) groups is 2. The van der Waals surface area contributed by atoms with Gasteiger partial charge in [-0.1, -0.05) is 12.1 Å². The molecule has 3 aromatic rings. The maximum atomic E-state index is 12.9. The van der Waals surface area contributed by atoms with Crippen molar-refractivity contribution in [2.45, 2.75) is 5.37 Å². The number of nitrogens with zero attached hydrogens (tertiary/aromatic N) is 1. The van der Waals surface area contributed by atoms with Gasteiger partial charge in [-0.05, 0) is 42.0 Å². The van der Waals surface area contributed by atoms with Crippen LogP contribution in [0.5, 0.6) is 23.0 Å². The Morgan fingerprint density at radius 2 is 1.76 bits per heavy atom. The molecule has 1 atom stereocenters. The number of hydrogen-bond donors (Lipinski definition) is 1. The molecule has 3 aromatic carbocycles. The first-order chi connectivity index (χ1) is 16.6. The molecule has 0 bridgehead atoms. The lowest BCUT2D eigenvalue weighted by atomic mass is 10.1. The van der Waals surface area contributed by atoms with Crippen LogP contribution in [-0.4, -0.2) is 38.6 Å². The molecule has 34 heavy (non-hydrogen) atoms. The Kier molecular flexibility index (Phi) is 5.93. The van der Waals surface area contributed by atoms with E-state index in [0.29, 0.717) is 40.0 Å². The number of amides is 2. The van der Waals surface area contributed by atoms with E-state index in [0.717, 1.165) is 11.3 Å². The zero-order chi connectivity index (χ0) is 23.7. The average Bonchev–Trinajstić information content (AvgIpc) is 3.49. The Hall–Kier alpha value is -3.85. The van der Waals surface area contributed by atoms with Crippen molar-refractivity contribution in [2.24, 2.45) is 0 Å². The lowest BCUT2D eigenvalue weighted by Crippen LogP contribution is -2.27. The topological polar surface area (TPSA) is 86.3 Å². The fourth-order valence-electron chi connectivity index (χ4n) is 3.90. The molecule has 5 rings (SSSR count). The molecule has 1 N–H and O–H groups in total. The fourth-order valence-corrected chi connectivity index (χ4v) is 5.06. The molecular formula is C25H22N2O6S. The first-order valence-corrected chi connectivity index (χ1v) is 11.6. The summed E-state index contributed by atoms with van der Waals surface area (Å²) in [6, 6.07) is 18.0. The molecule has 1 unspecified atom stereocenters. The highest BCUT2D eigenvalue weighted by Gasteiger charge is 2.35. The molecule has 1 saturated heterocycles. The van der Waals surface area contributed by atoms with Gasteiger partial charge >= 0.3 is 0 Å². The molecule has 2 amide bonds. The molecular weight excluding hydrogens is 456 g/mol. The molecule has 1 fully saturated rings. The minimum Gasteiger partial charge on any atom is -0.497 e. The lowest BCUT2D eigenvalue weighted by molar-refractivity contribution is -0.115. The standard InChI is InChI=1S/C25H22N2O6S/c1-30-19-9-16(10-20(12-19)31-2)24(29)26-17-5-3-4-15(8-17)25-27(23(28)13-34-25)18-6-7-21-22(11-18)33-14-32-21/h3-12,25H,13-14H2,1-2H3,(H,26,29). The van der Waals surface area contributed by atoms with Gasteiger partial charge in [0.1, 0.15) is 16.9 Å². The van der Waals surface area contributed by atoms with Crippen molar-refractivity contribution >= 4 is 35.0 Å². The lowest BCUT2D eigenvalue weighted by Gasteiger charge is -2.25. The highest BCUT2D eigenvalue weighted by Crippen LogP contribution is 2.45. The molecule has 0 radical (unpaired) electrons. The fraction of sp³-hybridized carbons (Fsp3) is 0.200. The van der Waals surface area contributed by atoms with Crippen LogP contribution in [0.3, 0.4) is 0 Å². The number of ether oxygens (including phenoxy) is 4. The molecule has 2 aliphatic rings. The van der Waals surface area contributed by atoms with E-state index in [1.165, 1.54) is 26.0 Å². The number of nitrogens with one attached hydrogen (secondary N) is 1. The van der Waals surface area contributed by atoms with Crippen molar-refractivity contribution in [2.75, 3.05) is 37.0 Å². The van der Waals surface area contributed by atoms with Gasteiger partial charge < -0.3 is 24.3 Å². The van der Waals surface area contributed by atoms with Gasteiger partial charge in [-0.3, -0.25) is 14.5 Å². The van der Waals surface area contributed by atoms with Crippen molar-refractivity contribution in [3.63, 3.8) is 0 Å². The number of fused-ring (bicyclic) bond motifs is 1. The van der Waals surface area contributed by atoms with Crippen molar-refractivity contribution in [1.82, 2.24) is 0 Å². The molecule has 174 valence electrons. The number of thioether (sulfide) groups is 1. The second-order valence-electron chi connectivity index (χ2n) is 7.65. The number of rotatable bonds is 6. The summed E-state index contributed by atoms with van der Waals surface area (Å²) >= 11 is 1.53. The summed E-state index contributed by atoms with van der Waals surface area (Å²) in [5, 5.41) is 2.69. The van der Waals surface area contributed by atoms with E-state index in [2.05, 4.69) is 5.32 Å². The summed E-state index contributed by atoms with van der Waals surface area (Å²) in [5.41, 5.74) is 2.67. The summed E-state index contributed by atoms with van der Waals surface area (Å²) in [7, 11) is 3.07. The Morgan fingerprint density at radius 1 is 1.00 bits per heavy atom. The van der Waals surface area contributed by atoms with Crippen LogP contribution in [0.15, 0.2) is 60.7 Å². The first kappa shape index (κ1) is 22.0. The normalized spacial score (nSPS) is 16.5. The number of anilines is 2. The van der Waals surface area contributed by atoms with Crippen LogP contribution in [0.2, 0.25) is 0 Å². The van der Waals surface area contributed by atoms with Crippen LogP contribution in [0.4, 0.5) is 11.4 Å². The van der Waals surface area contributed by atoms with E-state index in [9.17, 15) is 9.59 Å². The third kappa shape index (κ3) is 4.22. The molecule has 0 saturated carbocycles. The van der Waals surface area contributed by atoms with Crippen molar-refractivity contribution in [1.29, 1.82) is 0 Å². The van der Waals surface area contributed by atoms with E-state index < -0.39 is 0 Å². The van der Waals surface area contributed by atoms with Gasteiger partial charge in [0.25, 0.3) is 5.91 Å². The van der Waals surface area contributed by atoms with Gasteiger partial charge in [0, 0.05) is 29.1 Å². The first-order valence-electron chi connectivity index (χ1n) is 10.5. The zero-order valence-corrected chi connectivity index (χ0v) is 19.4. The largest absolute Gasteiger partial charge is 0.497 e. The Bertz CT molecular complexity index is 1240. The van der Waals surface area contributed by atoms with Crippen LogP contribution in [0.25, 0.3) is 0 Å². The summed E-state index contributed by atoms with van der Waals surface area (Å²) < 4.78 is 21.4. The number of benzene rings is 3. The maximum Gasteiger partial charge on any atom is 0.255 e. The van der Waals surface area contributed by atoms with Crippen molar-refractivity contribution in [3.05, 3.63) is 71.8 Å². The summed E-state index contributed by atoms with van der Waals surface area (Å²) in [6.45, 7) is 0.172. The number of methoxy groups -OCH3 is 2. The minimum absolute atomic E-state index is 0.00628. The van der Waals surface area contributed by atoms with E-state index in [4.69, 9.17) is 18.9 Å². The van der Waals surface area contributed by atoms with Crippen LogP contribution in [-0.2, 0) is 4.79 Å². The van der Waals surface area contributed by atoms with Gasteiger partial charge in [-0.25, -0.2) is 0 Å². The highest BCUT2D eigenvalue weighted by atomic mass is 32.2. The van der Waals surface area contributed by atoms with Gasteiger partial charge in [-0.2, -0.15) is 0 Å². The maximum absolute atomic E-state index is 12.9. The molecule has 0 aromatic heterocycles. The quantitative estimate of drug-likeness (QED) is 0.560.